The van der Waals surface area contributed by atoms with E-state index in [0.29, 0.717) is 6.04 Å². The molecule has 0 saturated heterocycles. The second-order valence-electron chi connectivity index (χ2n) is 3.67. The highest BCUT2D eigenvalue weighted by atomic mass is 14.9. The Kier molecular flexibility index (Phi) is 2.39. The third-order valence-corrected chi connectivity index (χ3v) is 2.27. The van der Waals surface area contributed by atoms with Crippen LogP contribution < -0.4 is 10.6 Å². The van der Waals surface area contributed by atoms with Gasteiger partial charge >= 0.3 is 0 Å². The van der Waals surface area contributed by atoms with Gasteiger partial charge in [-0.05, 0) is 13.8 Å². The van der Waals surface area contributed by atoms with E-state index in [1.165, 1.54) is 0 Å². The molecule has 74 valence electrons. The van der Waals surface area contributed by atoms with E-state index >= 15 is 0 Å². The molecule has 3 heteroatoms. The molecule has 0 aliphatic carbocycles. The molecule has 14 heavy (non-hydrogen) atoms. The first-order chi connectivity index (χ1) is 6.75. The van der Waals surface area contributed by atoms with Crippen molar-refractivity contribution in [1.82, 2.24) is 10.6 Å². The number of allylic oxidation sites excluding steroid dienone is 1. The summed E-state index contributed by atoms with van der Waals surface area (Å²) in [6.07, 6.45) is 8.22. The van der Waals surface area contributed by atoms with Crippen LogP contribution in [0.15, 0.2) is 40.8 Å². The first-order valence-corrected chi connectivity index (χ1v) is 4.88. The van der Waals surface area contributed by atoms with E-state index in [-0.39, 0.29) is 0 Å². The van der Waals surface area contributed by atoms with Crippen LogP contribution in [-0.2, 0) is 0 Å². The Hall–Kier alpha value is -1.51. The molecular weight excluding hydrogens is 174 g/mol. The second kappa shape index (κ2) is 3.70. The zero-order valence-corrected chi connectivity index (χ0v) is 8.54. The molecule has 0 spiro atoms. The van der Waals surface area contributed by atoms with Gasteiger partial charge in [0.2, 0.25) is 0 Å². The van der Waals surface area contributed by atoms with Crippen molar-refractivity contribution in [2.75, 3.05) is 6.54 Å². The monoisotopic (exact) mass is 189 g/mol. The lowest BCUT2D eigenvalue weighted by molar-refractivity contribution is 0.753. The lowest BCUT2D eigenvalue weighted by atomic mass is 10.1. The molecule has 1 unspecified atom stereocenters. The minimum absolute atomic E-state index is 0.418. The van der Waals surface area contributed by atoms with Crippen LogP contribution in [0.2, 0.25) is 0 Å². The molecule has 0 bridgehead atoms. The fraction of sp³-hybridized carbons (Fsp3) is 0.364. The molecule has 2 rings (SSSR count). The number of nitrogens with zero attached hydrogens (tertiary/aromatic N) is 1. The molecule has 0 aromatic carbocycles. The maximum absolute atomic E-state index is 4.49. The van der Waals surface area contributed by atoms with Gasteiger partial charge in [-0.3, -0.25) is 4.99 Å². The van der Waals surface area contributed by atoms with Gasteiger partial charge in [0.15, 0.2) is 0 Å². The van der Waals surface area contributed by atoms with Crippen LogP contribution in [0.25, 0.3) is 0 Å². The summed E-state index contributed by atoms with van der Waals surface area (Å²) >= 11 is 0. The van der Waals surface area contributed by atoms with Crippen LogP contribution in [0.4, 0.5) is 0 Å². The van der Waals surface area contributed by atoms with Gasteiger partial charge in [-0.15, -0.1) is 0 Å². The minimum atomic E-state index is 0.418. The smallest absolute Gasteiger partial charge is 0.0872 e. The van der Waals surface area contributed by atoms with Crippen molar-refractivity contribution in [2.24, 2.45) is 4.99 Å². The standard InChI is InChI=1S/C11H15N3/c1-8-3-4-10(6-13-8)11-7-12-5-9(2)14-11/h3-4,6-8,12-13H,5H2,1-2H3. The Morgan fingerprint density at radius 1 is 1.43 bits per heavy atom. The molecule has 2 heterocycles. The average molecular weight is 189 g/mol. The van der Waals surface area contributed by atoms with Gasteiger partial charge in [-0.2, -0.15) is 0 Å². The first-order valence-electron chi connectivity index (χ1n) is 4.88. The molecular formula is C11H15N3. The predicted octanol–water partition coefficient (Wildman–Crippen LogP) is 1.32. The van der Waals surface area contributed by atoms with Gasteiger partial charge in [0, 0.05) is 29.7 Å². The molecule has 0 saturated carbocycles. The van der Waals surface area contributed by atoms with Crippen LogP contribution in [0.1, 0.15) is 13.8 Å². The van der Waals surface area contributed by atoms with Gasteiger partial charge in [0.1, 0.15) is 0 Å². The third-order valence-electron chi connectivity index (χ3n) is 2.27. The summed E-state index contributed by atoms with van der Waals surface area (Å²) in [5.41, 5.74) is 3.26. The lowest BCUT2D eigenvalue weighted by Crippen LogP contribution is -2.23. The minimum Gasteiger partial charge on any atom is -0.384 e. The molecule has 0 aromatic rings. The van der Waals surface area contributed by atoms with Gasteiger partial charge in [-0.1, -0.05) is 12.2 Å². The average Bonchev–Trinajstić information content (AvgIpc) is 2.19. The van der Waals surface area contributed by atoms with E-state index in [2.05, 4.69) is 34.7 Å². The van der Waals surface area contributed by atoms with Gasteiger partial charge in [0.05, 0.1) is 12.2 Å². The quantitative estimate of drug-likeness (QED) is 0.652. The van der Waals surface area contributed by atoms with Gasteiger partial charge < -0.3 is 10.6 Å². The molecule has 0 fully saturated rings. The fourth-order valence-corrected chi connectivity index (χ4v) is 1.45. The molecule has 3 nitrogen and oxygen atoms in total. The summed E-state index contributed by atoms with van der Waals surface area (Å²) in [5, 5.41) is 6.46. The van der Waals surface area contributed by atoms with Crippen molar-refractivity contribution in [2.45, 2.75) is 19.9 Å². The molecule has 0 amide bonds. The van der Waals surface area contributed by atoms with E-state index < -0.39 is 0 Å². The van der Waals surface area contributed by atoms with Crippen molar-refractivity contribution in [3.05, 3.63) is 35.8 Å². The highest BCUT2D eigenvalue weighted by Crippen LogP contribution is 2.16. The molecule has 2 aliphatic heterocycles. The fourth-order valence-electron chi connectivity index (χ4n) is 1.45. The zero-order chi connectivity index (χ0) is 9.97. The number of hydrogen-bond acceptors (Lipinski definition) is 3. The number of dihydropyridines is 1. The van der Waals surface area contributed by atoms with Crippen LogP contribution >= 0.6 is 0 Å². The largest absolute Gasteiger partial charge is 0.384 e. The zero-order valence-electron chi connectivity index (χ0n) is 8.54. The summed E-state index contributed by atoms with van der Waals surface area (Å²) in [4.78, 5) is 4.49. The van der Waals surface area contributed by atoms with E-state index in [4.69, 9.17) is 0 Å². The van der Waals surface area contributed by atoms with Crippen molar-refractivity contribution in [3.8, 4) is 0 Å². The summed E-state index contributed by atoms with van der Waals surface area (Å²) < 4.78 is 0. The van der Waals surface area contributed by atoms with Crippen molar-refractivity contribution in [1.29, 1.82) is 0 Å². The number of hydrogen-bond donors (Lipinski definition) is 2. The second-order valence-corrected chi connectivity index (χ2v) is 3.67. The lowest BCUT2D eigenvalue weighted by Gasteiger charge is -2.17. The van der Waals surface area contributed by atoms with E-state index in [0.717, 1.165) is 23.5 Å². The first kappa shape index (κ1) is 9.06. The third kappa shape index (κ3) is 1.87. The molecule has 0 radical (unpaired) electrons. The van der Waals surface area contributed by atoms with Crippen LogP contribution in [-0.4, -0.2) is 18.3 Å². The van der Waals surface area contributed by atoms with Crippen LogP contribution in [0.5, 0.6) is 0 Å². The van der Waals surface area contributed by atoms with Crippen molar-refractivity contribution >= 4 is 5.71 Å². The van der Waals surface area contributed by atoms with Gasteiger partial charge in [-0.25, -0.2) is 0 Å². The normalized spacial score (nSPS) is 25.6. The highest BCUT2D eigenvalue weighted by molar-refractivity contribution is 5.86. The molecule has 1 atom stereocenters. The maximum Gasteiger partial charge on any atom is 0.0872 e. The van der Waals surface area contributed by atoms with E-state index in [9.17, 15) is 0 Å². The van der Waals surface area contributed by atoms with Crippen molar-refractivity contribution in [3.63, 3.8) is 0 Å². The maximum atomic E-state index is 4.49. The summed E-state index contributed by atoms with van der Waals surface area (Å²) in [5.74, 6) is 0. The number of aliphatic imine (C=N–C) groups is 1. The van der Waals surface area contributed by atoms with Crippen LogP contribution in [0, 0.1) is 0 Å². The Labute approximate surface area is 84.3 Å². The topological polar surface area (TPSA) is 36.4 Å². The molecule has 2 N–H and O–H groups in total. The van der Waals surface area contributed by atoms with E-state index in [1.54, 1.807) is 0 Å². The summed E-state index contributed by atoms with van der Waals surface area (Å²) in [7, 11) is 0. The molecule has 0 aromatic heterocycles. The SMILES string of the molecule is CC1=NC(C2=CNC(C)C=C2)=CNC1. The highest BCUT2D eigenvalue weighted by Gasteiger charge is 2.09. The van der Waals surface area contributed by atoms with Gasteiger partial charge in [0.25, 0.3) is 0 Å². The Bertz CT molecular complexity index is 348. The van der Waals surface area contributed by atoms with Crippen molar-refractivity contribution < 1.29 is 0 Å². The van der Waals surface area contributed by atoms with Crippen LogP contribution in [0.3, 0.4) is 0 Å². The molecule has 2 aliphatic rings. The summed E-state index contributed by atoms with van der Waals surface area (Å²) in [6, 6.07) is 0.418. The van der Waals surface area contributed by atoms with E-state index in [1.807, 2.05) is 19.3 Å². The Morgan fingerprint density at radius 3 is 2.93 bits per heavy atom. The summed E-state index contributed by atoms with van der Waals surface area (Å²) in [6.45, 7) is 5.00. The Morgan fingerprint density at radius 2 is 2.29 bits per heavy atom. The number of rotatable bonds is 1. The number of nitrogens with one attached hydrogen (secondary N) is 2. The Balaban J connectivity index is 2.17. The predicted molar refractivity (Wildman–Crippen MR) is 59.0 cm³/mol.